The Kier molecular flexibility index (Phi) is 3.00. The van der Waals surface area contributed by atoms with Crippen molar-refractivity contribution in [2.24, 2.45) is 0 Å². The van der Waals surface area contributed by atoms with Crippen molar-refractivity contribution in [2.45, 2.75) is 0 Å². The van der Waals surface area contributed by atoms with E-state index in [1.165, 1.54) is 12.1 Å². The molecule has 1 amide bonds. The Morgan fingerprint density at radius 1 is 1.50 bits per heavy atom. The Morgan fingerprint density at radius 2 is 2.25 bits per heavy atom. The molecule has 4 nitrogen and oxygen atoms in total. The van der Waals surface area contributed by atoms with Crippen LogP contribution in [0.5, 0.6) is 0 Å². The minimum absolute atomic E-state index is 0.0750. The number of amides is 1. The van der Waals surface area contributed by atoms with Crippen LogP contribution in [0.15, 0.2) is 16.6 Å². The average molecular weight is 288 g/mol. The van der Waals surface area contributed by atoms with E-state index in [-0.39, 0.29) is 18.3 Å². The predicted octanol–water partition coefficient (Wildman–Crippen LogP) is 1.11. The second-order valence-electron chi connectivity index (χ2n) is 3.60. The fraction of sp³-hybridized carbons (Fsp3) is 0.300. The van der Waals surface area contributed by atoms with Crippen molar-refractivity contribution in [1.82, 2.24) is 5.32 Å². The monoisotopic (exact) mass is 287 g/mol. The van der Waals surface area contributed by atoms with Crippen LogP contribution in [-0.4, -0.2) is 25.5 Å². The summed E-state index contributed by atoms with van der Waals surface area (Å²) in [6.07, 6.45) is 0. The Bertz CT molecular complexity index is 438. The lowest BCUT2D eigenvalue weighted by Crippen LogP contribution is -2.47. The number of benzene rings is 1. The first kappa shape index (κ1) is 11.2. The molecule has 3 N–H and O–H groups in total. The number of carbonyl (C=O) groups is 1. The third kappa shape index (κ3) is 2.11. The lowest BCUT2D eigenvalue weighted by atomic mass is 10.2. The van der Waals surface area contributed by atoms with Gasteiger partial charge in [0.25, 0.3) is 0 Å². The molecule has 86 valence electrons. The fourth-order valence-corrected chi connectivity index (χ4v) is 2.03. The van der Waals surface area contributed by atoms with Gasteiger partial charge in [0.15, 0.2) is 0 Å². The molecule has 0 aromatic heterocycles. The van der Waals surface area contributed by atoms with Crippen LogP contribution >= 0.6 is 15.9 Å². The Morgan fingerprint density at radius 3 is 2.94 bits per heavy atom. The Balaban J connectivity index is 2.32. The topological polar surface area (TPSA) is 58.4 Å². The van der Waals surface area contributed by atoms with Gasteiger partial charge in [-0.05, 0) is 22.0 Å². The van der Waals surface area contributed by atoms with E-state index in [0.29, 0.717) is 28.9 Å². The summed E-state index contributed by atoms with van der Waals surface area (Å²) in [5, 5.41) is 2.70. The van der Waals surface area contributed by atoms with Gasteiger partial charge in [-0.25, -0.2) is 4.39 Å². The molecule has 1 saturated heterocycles. The third-order valence-corrected chi connectivity index (χ3v) is 3.06. The van der Waals surface area contributed by atoms with Crippen molar-refractivity contribution < 1.29 is 9.18 Å². The highest BCUT2D eigenvalue weighted by molar-refractivity contribution is 9.10. The summed E-state index contributed by atoms with van der Waals surface area (Å²) in [6.45, 7) is 1.40. The number of rotatable bonds is 1. The zero-order valence-electron chi connectivity index (χ0n) is 8.46. The van der Waals surface area contributed by atoms with Crippen molar-refractivity contribution in [2.75, 3.05) is 30.3 Å². The van der Waals surface area contributed by atoms with Crippen molar-refractivity contribution in [1.29, 1.82) is 0 Å². The molecule has 1 aliphatic rings. The molecule has 1 fully saturated rings. The van der Waals surface area contributed by atoms with Crippen molar-refractivity contribution in [3.8, 4) is 0 Å². The molecule has 1 aliphatic heterocycles. The minimum Gasteiger partial charge on any atom is -0.397 e. The maximum Gasteiger partial charge on any atom is 0.239 e. The first-order chi connectivity index (χ1) is 7.58. The lowest BCUT2D eigenvalue weighted by Gasteiger charge is -2.29. The van der Waals surface area contributed by atoms with Gasteiger partial charge in [-0.15, -0.1) is 0 Å². The normalized spacial score (nSPS) is 16.1. The molecule has 0 saturated carbocycles. The number of nitrogens with one attached hydrogen (secondary N) is 1. The maximum absolute atomic E-state index is 13.4. The lowest BCUT2D eigenvalue weighted by molar-refractivity contribution is -0.120. The highest BCUT2D eigenvalue weighted by atomic mass is 79.9. The number of hydrogen-bond donors (Lipinski definition) is 2. The van der Waals surface area contributed by atoms with Gasteiger partial charge in [-0.3, -0.25) is 4.79 Å². The van der Waals surface area contributed by atoms with Gasteiger partial charge in [0, 0.05) is 19.2 Å². The predicted molar refractivity (Wildman–Crippen MR) is 63.7 cm³/mol. The van der Waals surface area contributed by atoms with E-state index in [4.69, 9.17) is 5.73 Å². The van der Waals surface area contributed by atoms with Crippen molar-refractivity contribution in [3.63, 3.8) is 0 Å². The molecular weight excluding hydrogens is 277 g/mol. The fourth-order valence-electron chi connectivity index (χ4n) is 1.67. The molecule has 16 heavy (non-hydrogen) atoms. The SMILES string of the molecule is Nc1cc(Br)c(F)cc1N1CCNC(=O)C1. The van der Waals surface area contributed by atoms with E-state index in [1.54, 1.807) is 4.90 Å². The molecule has 0 radical (unpaired) electrons. The number of nitrogens with two attached hydrogens (primary N) is 1. The summed E-state index contributed by atoms with van der Waals surface area (Å²) in [6, 6.07) is 2.86. The molecule has 0 aliphatic carbocycles. The standard InChI is InChI=1S/C10H11BrFN3O/c11-6-3-8(13)9(4-7(6)12)15-2-1-14-10(16)5-15/h3-4H,1-2,5,13H2,(H,14,16). The van der Waals surface area contributed by atoms with Crippen LogP contribution in [0.1, 0.15) is 0 Å². The molecule has 0 atom stereocenters. The van der Waals surface area contributed by atoms with Gasteiger partial charge < -0.3 is 16.0 Å². The number of halogens is 2. The molecule has 6 heteroatoms. The number of carbonyl (C=O) groups excluding carboxylic acids is 1. The number of hydrogen-bond acceptors (Lipinski definition) is 3. The van der Waals surface area contributed by atoms with Crippen molar-refractivity contribution in [3.05, 3.63) is 22.4 Å². The molecule has 0 bridgehead atoms. The van der Waals surface area contributed by atoms with E-state index in [2.05, 4.69) is 21.2 Å². The zero-order valence-corrected chi connectivity index (χ0v) is 10.1. The van der Waals surface area contributed by atoms with Gasteiger partial charge in [0.1, 0.15) is 5.82 Å². The highest BCUT2D eigenvalue weighted by Gasteiger charge is 2.19. The Hall–Kier alpha value is -1.30. The summed E-state index contributed by atoms with van der Waals surface area (Å²) in [5.74, 6) is -0.454. The number of anilines is 2. The molecule has 0 unspecified atom stereocenters. The largest absolute Gasteiger partial charge is 0.397 e. The summed E-state index contributed by atoms with van der Waals surface area (Å²) in [5.41, 5.74) is 6.82. The van der Waals surface area contributed by atoms with Gasteiger partial charge in [-0.1, -0.05) is 0 Å². The Labute approximate surface area is 101 Å². The van der Waals surface area contributed by atoms with Crippen molar-refractivity contribution >= 4 is 33.2 Å². The van der Waals surface area contributed by atoms with Crippen LogP contribution in [0, 0.1) is 5.82 Å². The number of nitrogen functional groups attached to an aromatic ring is 1. The van der Waals surface area contributed by atoms with Gasteiger partial charge in [0.2, 0.25) is 5.91 Å². The number of piperazine rings is 1. The second-order valence-corrected chi connectivity index (χ2v) is 4.45. The first-order valence-corrected chi connectivity index (χ1v) is 5.63. The summed E-state index contributed by atoms with van der Waals surface area (Å²) in [4.78, 5) is 13.0. The van der Waals surface area contributed by atoms with E-state index in [1.807, 2.05) is 0 Å². The quantitative estimate of drug-likeness (QED) is 0.761. The summed E-state index contributed by atoms with van der Waals surface area (Å²) < 4.78 is 13.7. The average Bonchev–Trinajstić information content (AvgIpc) is 2.23. The smallest absolute Gasteiger partial charge is 0.239 e. The molecular formula is C10H11BrFN3O. The number of nitrogens with zero attached hydrogens (tertiary/aromatic N) is 1. The molecule has 0 spiro atoms. The van der Waals surface area contributed by atoms with Crippen LogP contribution in [0.2, 0.25) is 0 Å². The molecule has 2 rings (SSSR count). The minimum atomic E-state index is -0.379. The second kappa shape index (κ2) is 4.29. The molecule has 1 aromatic carbocycles. The van der Waals surface area contributed by atoms with Crippen LogP contribution in [0.4, 0.5) is 15.8 Å². The third-order valence-electron chi connectivity index (χ3n) is 2.45. The first-order valence-electron chi connectivity index (χ1n) is 4.84. The maximum atomic E-state index is 13.4. The zero-order chi connectivity index (χ0) is 11.7. The van der Waals surface area contributed by atoms with E-state index >= 15 is 0 Å². The van der Waals surface area contributed by atoms with E-state index < -0.39 is 0 Å². The molecule has 1 heterocycles. The van der Waals surface area contributed by atoms with E-state index in [0.717, 1.165) is 0 Å². The van der Waals surface area contributed by atoms with Crippen LogP contribution in [0.25, 0.3) is 0 Å². The summed E-state index contributed by atoms with van der Waals surface area (Å²) in [7, 11) is 0. The van der Waals surface area contributed by atoms with Gasteiger partial charge >= 0.3 is 0 Å². The van der Waals surface area contributed by atoms with Gasteiger partial charge in [-0.2, -0.15) is 0 Å². The highest BCUT2D eigenvalue weighted by Crippen LogP contribution is 2.29. The van der Waals surface area contributed by atoms with Crippen LogP contribution in [0.3, 0.4) is 0 Å². The van der Waals surface area contributed by atoms with Crippen LogP contribution in [-0.2, 0) is 4.79 Å². The molecule has 1 aromatic rings. The van der Waals surface area contributed by atoms with Crippen LogP contribution < -0.4 is 16.0 Å². The van der Waals surface area contributed by atoms with E-state index in [9.17, 15) is 9.18 Å². The van der Waals surface area contributed by atoms with Gasteiger partial charge in [0.05, 0.1) is 22.4 Å². The summed E-state index contributed by atoms with van der Waals surface area (Å²) >= 11 is 3.06.